The zero-order chi connectivity index (χ0) is 18.0. The Balaban J connectivity index is 1.29. The Labute approximate surface area is 161 Å². The lowest BCUT2D eigenvalue weighted by Gasteiger charge is -2.57. The number of ether oxygens (including phenoxy) is 4. The van der Waals surface area contributed by atoms with Crippen molar-refractivity contribution in [3.8, 4) is 0 Å². The summed E-state index contributed by atoms with van der Waals surface area (Å²) in [5.74, 6) is 3.30. The van der Waals surface area contributed by atoms with Gasteiger partial charge in [-0.1, -0.05) is 25.2 Å². The highest BCUT2D eigenvalue weighted by atomic mass is 16.7. The molecule has 8 atom stereocenters. The molecular weight excluding hydrogens is 340 g/mol. The molecule has 0 N–H and O–H groups in total. The van der Waals surface area contributed by atoms with E-state index in [4.69, 9.17) is 18.9 Å². The van der Waals surface area contributed by atoms with Crippen LogP contribution in [-0.4, -0.2) is 31.4 Å². The monoisotopic (exact) mass is 370 g/mol. The first-order chi connectivity index (χ1) is 13.1. The van der Waals surface area contributed by atoms with Crippen LogP contribution in [0.5, 0.6) is 0 Å². The Morgan fingerprint density at radius 1 is 1.15 bits per heavy atom. The van der Waals surface area contributed by atoms with E-state index < -0.39 is 0 Å². The van der Waals surface area contributed by atoms with Crippen LogP contribution in [0.2, 0.25) is 0 Å². The van der Waals surface area contributed by atoms with Gasteiger partial charge in [0.15, 0.2) is 5.79 Å². The van der Waals surface area contributed by atoms with Crippen molar-refractivity contribution in [3.63, 3.8) is 0 Å². The second-order valence-corrected chi connectivity index (χ2v) is 10.5. The molecule has 0 aromatic heterocycles. The van der Waals surface area contributed by atoms with Gasteiger partial charge in [-0.3, -0.25) is 0 Å². The third-order valence-corrected chi connectivity index (χ3v) is 9.83. The molecule has 7 rings (SSSR count). The third-order valence-electron chi connectivity index (χ3n) is 9.83. The second kappa shape index (κ2) is 4.83. The van der Waals surface area contributed by atoms with Crippen molar-refractivity contribution in [1.29, 1.82) is 0 Å². The van der Waals surface area contributed by atoms with Gasteiger partial charge >= 0.3 is 0 Å². The van der Waals surface area contributed by atoms with Crippen molar-refractivity contribution < 1.29 is 18.9 Å². The van der Waals surface area contributed by atoms with Gasteiger partial charge in [0.2, 0.25) is 6.29 Å². The average Bonchev–Trinajstić information content (AvgIpc) is 3.37. The molecule has 3 aliphatic heterocycles. The van der Waals surface area contributed by atoms with Gasteiger partial charge in [-0.2, -0.15) is 0 Å². The molecule has 4 heteroatoms. The van der Waals surface area contributed by atoms with E-state index in [2.05, 4.69) is 19.6 Å². The molecule has 0 aromatic carbocycles. The van der Waals surface area contributed by atoms with E-state index in [9.17, 15) is 0 Å². The predicted molar refractivity (Wildman–Crippen MR) is 98.4 cm³/mol. The summed E-state index contributed by atoms with van der Waals surface area (Å²) >= 11 is 0. The summed E-state index contributed by atoms with van der Waals surface area (Å²) in [6.07, 6.45) is 11.0. The highest BCUT2D eigenvalue weighted by Crippen LogP contribution is 2.74. The number of rotatable bonds is 0. The first-order valence-electron chi connectivity index (χ1n) is 11.0. The summed E-state index contributed by atoms with van der Waals surface area (Å²) in [5.41, 5.74) is 2.04. The van der Waals surface area contributed by atoms with Crippen LogP contribution in [0.15, 0.2) is 24.0 Å². The summed E-state index contributed by atoms with van der Waals surface area (Å²) in [4.78, 5) is 0. The lowest BCUT2D eigenvalue weighted by Crippen LogP contribution is -2.55. The van der Waals surface area contributed by atoms with Crippen molar-refractivity contribution in [2.45, 2.75) is 70.1 Å². The predicted octanol–water partition coefficient (Wildman–Crippen LogP) is 4.17. The topological polar surface area (TPSA) is 36.9 Å². The summed E-state index contributed by atoms with van der Waals surface area (Å²) in [6, 6.07) is 0. The first kappa shape index (κ1) is 16.0. The Morgan fingerprint density at radius 3 is 2.85 bits per heavy atom. The standard InChI is InChI=1S/C23H30O4/c1-13-16-5-6-17-15-4-3-14-11-22(24-9-10-25-22)8-7-21(14,2)19(15)18-12-23(16,17)20(26-13)27-18/h3,15-20H,1,4-12H2,2H3/t15-,16+,17-,18?,19+,20?,21-,23-/m0/s1. The number of hydrogen-bond donors (Lipinski definition) is 0. The summed E-state index contributed by atoms with van der Waals surface area (Å²) in [7, 11) is 0. The second-order valence-electron chi connectivity index (χ2n) is 10.5. The molecule has 146 valence electrons. The van der Waals surface area contributed by atoms with E-state index in [-0.39, 0.29) is 22.9 Å². The molecule has 7 aliphatic rings. The van der Waals surface area contributed by atoms with E-state index in [1.165, 1.54) is 25.7 Å². The van der Waals surface area contributed by atoms with Crippen LogP contribution in [0.1, 0.15) is 51.9 Å². The normalized spacial score (nSPS) is 56.5. The van der Waals surface area contributed by atoms with Crippen LogP contribution >= 0.6 is 0 Å². The van der Waals surface area contributed by atoms with Gasteiger partial charge in [0.05, 0.1) is 25.1 Å². The minimum atomic E-state index is -0.333. The van der Waals surface area contributed by atoms with Crippen LogP contribution in [0.25, 0.3) is 0 Å². The van der Waals surface area contributed by atoms with Crippen LogP contribution < -0.4 is 0 Å². The molecule has 0 amide bonds. The van der Waals surface area contributed by atoms with Gasteiger partial charge < -0.3 is 18.9 Å². The summed E-state index contributed by atoms with van der Waals surface area (Å²) < 4.78 is 25.0. The highest BCUT2D eigenvalue weighted by molar-refractivity contribution is 5.31. The molecule has 2 spiro atoms. The van der Waals surface area contributed by atoms with Crippen molar-refractivity contribution in [2.75, 3.05) is 13.2 Å². The Morgan fingerprint density at radius 2 is 2.00 bits per heavy atom. The third kappa shape index (κ3) is 1.70. The van der Waals surface area contributed by atoms with Crippen LogP contribution in [0, 0.1) is 34.5 Å². The lowest BCUT2D eigenvalue weighted by molar-refractivity contribution is -0.189. The maximum Gasteiger partial charge on any atom is 0.206 e. The van der Waals surface area contributed by atoms with Crippen molar-refractivity contribution >= 4 is 0 Å². The fourth-order valence-corrected chi connectivity index (χ4v) is 8.81. The van der Waals surface area contributed by atoms with E-state index in [1.807, 2.05) is 0 Å². The SMILES string of the molecule is C=C1OC2OC3C[C@@]24[C@@H]1CC[C@H]4[C@@H]1CC=C2CC4(CC[C@]2(C)[C@@H]31)OCCO4. The van der Waals surface area contributed by atoms with E-state index in [0.29, 0.717) is 17.9 Å². The number of allylic oxidation sites excluding steroid dienone is 2. The van der Waals surface area contributed by atoms with Gasteiger partial charge in [0.25, 0.3) is 0 Å². The molecule has 6 fully saturated rings. The fraction of sp³-hybridized carbons (Fsp3) is 0.826. The number of fused-ring (bicyclic) bond motifs is 6. The molecule has 3 saturated carbocycles. The van der Waals surface area contributed by atoms with Crippen molar-refractivity contribution in [1.82, 2.24) is 0 Å². The highest BCUT2D eigenvalue weighted by Gasteiger charge is 2.74. The van der Waals surface area contributed by atoms with Crippen LogP contribution in [-0.2, 0) is 18.9 Å². The van der Waals surface area contributed by atoms with Gasteiger partial charge in [-0.05, 0) is 55.3 Å². The molecule has 2 unspecified atom stereocenters. The van der Waals surface area contributed by atoms with E-state index in [0.717, 1.165) is 50.1 Å². The molecule has 4 aliphatic carbocycles. The zero-order valence-electron chi connectivity index (χ0n) is 16.2. The zero-order valence-corrected chi connectivity index (χ0v) is 16.2. The smallest absolute Gasteiger partial charge is 0.206 e. The Bertz CT molecular complexity index is 751. The molecule has 27 heavy (non-hydrogen) atoms. The van der Waals surface area contributed by atoms with Gasteiger partial charge in [0, 0.05) is 24.2 Å². The molecule has 3 saturated heterocycles. The van der Waals surface area contributed by atoms with Gasteiger partial charge in [-0.15, -0.1) is 0 Å². The van der Waals surface area contributed by atoms with E-state index >= 15 is 0 Å². The van der Waals surface area contributed by atoms with E-state index in [1.54, 1.807) is 5.57 Å². The van der Waals surface area contributed by atoms with Crippen molar-refractivity contribution in [2.24, 2.45) is 34.5 Å². The maximum atomic E-state index is 6.68. The lowest BCUT2D eigenvalue weighted by atomic mass is 9.47. The first-order valence-corrected chi connectivity index (χ1v) is 11.0. The summed E-state index contributed by atoms with van der Waals surface area (Å²) in [6.45, 7) is 8.25. The molecule has 3 heterocycles. The van der Waals surface area contributed by atoms with Gasteiger partial charge in [0.1, 0.15) is 0 Å². The van der Waals surface area contributed by atoms with Crippen LogP contribution in [0.4, 0.5) is 0 Å². The molecule has 0 aromatic rings. The minimum Gasteiger partial charge on any atom is -0.469 e. The molecule has 0 radical (unpaired) electrons. The van der Waals surface area contributed by atoms with Crippen LogP contribution in [0.3, 0.4) is 0 Å². The fourth-order valence-electron chi connectivity index (χ4n) is 8.81. The molecule has 2 bridgehead atoms. The minimum absolute atomic E-state index is 0.0263. The maximum absolute atomic E-state index is 6.68. The average molecular weight is 370 g/mol. The number of hydrogen-bond acceptors (Lipinski definition) is 4. The Kier molecular flexibility index (Phi) is 2.86. The molecular formula is C23H30O4. The van der Waals surface area contributed by atoms with Gasteiger partial charge in [-0.25, -0.2) is 0 Å². The quantitative estimate of drug-likeness (QED) is 0.600. The summed E-state index contributed by atoms with van der Waals surface area (Å²) in [5, 5.41) is 0. The molecule has 4 nitrogen and oxygen atoms in total. The van der Waals surface area contributed by atoms with Crippen molar-refractivity contribution in [3.05, 3.63) is 24.0 Å². The Hall–Kier alpha value is -0.840. The largest absolute Gasteiger partial charge is 0.469 e.